The van der Waals surface area contributed by atoms with Crippen molar-refractivity contribution < 1.29 is 38.9 Å². The predicted octanol–water partition coefficient (Wildman–Crippen LogP) is 4.98. The number of nitrogens with two attached hydrogens (primary N) is 1. The summed E-state index contributed by atoms with van der Waals surface area (Å²) in [5.74, 6) is -2.96. The van der Waals surface area contributed by atoms with Gasteiger partial charge in [0.25, 0.3) is 0 Å². The molecular weight excluding hydrogens is 492 g/mol. The number of aromatic carboxylic acids is 2. The highest BCUT2D eigenvalue weighted by Gasteiger charge is 2.28. The quantitative estimate of drug-likeness (QED) is 0.359. The van der Waals surface area contributed by atoms with Crippen LogP contribution >= 0.6 is 0 Å². The number of piperidine rings is 1. The molecule has 38 heavy (non-hydrogen) atoms. The number of likely N-dealkylation sites (tertiary alicyclic amines) is 1. The second kappa shape index (κ2) is 12.9. The minimum absolute atomic E-state index is 0.0576. The van der Waals surface area contributed by atoms with E-state index in [1.165, 1.54) is 6.92 Å². The SMILES string of the molecule is CC1CCN(C(=O)OC(C)(C)C)CC1.Cc1c(C(=O)O)cc(N)c(C(=O)OCc2ccccc2)c1C(=O)O. The van der Waals surface area contributed by atoms with E-state index in [-0.39, 0.29) is 40.7 Å². The highest BCUT2D eigenvalue weighted by atomic mass is 16.6. The Morgan fingerprint density at radius 1 is 1.00 bits per heavy atom. The standard InChI is InChI=1S/C17H15NO6.C11H21NO2/c1-9-11(15(19)20)7-12(18)14(13(9)16(21)22)17(23)24-8-10-5-3-2-4-6-10;1-9-5-7-12(8-6-9)10(13)14-11(2,3)4/h2-7H,8,18H2,1H3,(H,19,20)(H,21,22);9H,5-8H2,1-4H3. The summed E-state index contributed by atoms with van der Waals surface area (Å²) in [6.07, 6.45) is 2.03. The van der Waals surface area contributed by atoms with E-state index in [2.05, 4.69) is 6.92 Å². The number of benzene rings is 2. The van der Waals surface area contributed by atoms with Gasteiger partial charge in [-0.2, -0.15) is 0 Å². The first-order valence-corrected chi connectivity index (χ1v) is 12.3. The molecular formula is C28H36N2O8. The molecule has 206 valence electrons. The topological polar surface area (TPSA) is 156 Å². The lowest BCUT2D eigenvalue weighted by Gasteiger charge is -2.32. The zero-order chi connectivity index (χ0) is 28.6. The molecule has 2 aromatic rings. The normalized spacial score (nSPS) is 13.7. The summed E-state index contributed by atoms with van der Waals surface area (Å²) in [7, 11) is 0. The van der Waals surface area contributed by atoms with Crippen LogP contribution in [0.5, 0.6) is 0 Å². The van der Waals surface area contributed by atoms with Crippen LogP contribution in [0.3, 0.4) is 0 Å². The Kier molecular flexibility index (Phi) is 10.3. The van der Waals surface area contributed by atoms with Crippen molar-refractivity contribution in [1.29, 1.82) is 0 Å². The molecule has 2 aromatic carbocycles. The van der Waals surface area contributed by atoms with Crippen LogP contribution in [-0.4, -0.2) is 57.8 Å². The minimum Gasteiger partial charge on any atom is -0.478 e. The number of nitrogen functional groups attached to an aromatic ring is 1. The van der Waals surface area contributed by atoms with Gasteiger partial charge in [-0.3, -0.25) is 0 Å². The number of esters is 1. The summed E-state index contributed by atoms with van der Waals surface area (Å²) in [6, 6.07) is 9.89. The number of nitrogens with zero attached hydrogens (tertiary/aromatic N) is 1. The van der Waals surface area contributed by atoms with Gasteiger partial charge in [-0.05, 0) is 63.6 Å². The van der Waals surface area contributed by atoms with Gasteiger partial charge in [-0.1, -0.05) is 37.3 Å². The first-order chi connectivity index (χ1) is 17.7. The zero-order valence-electron chi connectivity index (χ0n) is 22.4. The maximum atomic E-state index is 12.3. The molecule has 1 fully saturated rings. The molecule has 1 heterocycles. The lowest BCUT2D eigenvalue weighted by molar-refractivity contribution is 0.0189. The Bertz CT molecular complexity index is 1160. The molecule has 1 aliphatic heterocycles. The highest BCUT2D eigenvalue weighted by molar-refractivity contribution is 6.09. The summed E-state index contributed by atoms with van der Waals surface area (Å²) < 4.78 is 10.4. The Balaban J connectivity index is 0.000000308. The van der Waals surface area contributed by atoms with Crippen LogP contribution < -0.4 is 5.73 Å². The van der Waals surface area contributed by atoms with Gasteiger partial charge in [-0.25, -0.2) is 19.2 Å². The van der Waals surface area contributed by atoms with E-state index in [0.29, 0.717) is 0 Å². The fourth-order valence-electron chi connectivity index (χ4n) is 3.82. The number of hydrogen-bond donors (Lipinski definition) is 3. The van der Waals surface area contributed by atoms with Crippen molar-refractivity contribution in [3.05, 3.63) is 64.2 Å². The number of hydrogen-bond acceptors (Lipinski definition) is 7. The molecule has 1 amide bonds. The van der Waals surface area contributed by atoms with E-state index < -0.39 is 23.5 Å². The third-order valence-electron chi connectivity index (χ3n) is 5.91. The molecule has 0 aromatic heterocycles. The molecule has 0 atom stereocenters. The van der Waals surface area contributed by atoms with Crippen molar-refractivity contribution in [1.82, 2.24) is 4.90 Å². The monoisotopic (exact) mass is 528 g/mol. The molecule has 1 aliphatic rings. The smallest absolute Gasteiger partial charge is 0.410 e. The molecule has 3 rings (SSSR count). The highest BCUT2D eigenvalue weighted by Crippen LogP contribution is 2.26. The number of ether oxygens (including phenoxy) is 2. The van der Waals surface area contributed by atoms with E-state index in [0.717, 1.165) is 43.5 Å². The van der Waals surface area contributed by atoms with Gasteiger partial charge in [-0.15, -0.1) is 0 Å². The average Bonchev–Trinajstić information content (AvgIpc) is 2.83. The zero-order valence-corrected chi connectivity index (χ0v) is 22.4. The predicted molar refractivity (Wildman–Crippen MR) is 141 cm³/mol. The van der Waals surface area contributed by atoms with Gasteiger partial charge < -0.3 is 30.3 Å². The van der Waals surface area contributed by atoms with Crippen LogP contribution in [0, 0.1) is 12.8 Å². The molecule has 0 unspecified atom stereocenters. The van der Waals surface area contributed by atoms with Gasteiger partial charge in [0.15, 0.2) is 0 Å². The van der Waals surface area contributed by atoms with Gasteiger partial charge in [0.05, 0.1) is 16.7 Å². The van der Waals surface area contributed by atoms with E-state index in [1.807, 2.05) is 25.7 Å². The summed E-state index contributed by atoms with van der Waals surface area (Å²) >= 11 is 0. The van der Waals surface area contributed by atoms with Crippen LogP contribution in [0.15, 0.2) is 36.4 Å². The van der Waals surface area contributed by atoms with Crippen LogP contribution in [0.1, 0.15) is 82.7 Å². The maximum Gasteiger partial charge on any atom is 0.410 e. The Labute approximate surface area is 222 Å². The third-order valence-corrected chi connectivity index (χ3v) is 5.91. The Hall–Kier alpha value is -4.08. The van der Waals surface area contributed by atoms with Crippen molar-refractivity contribution in [2.45, 2.75) is 59.7 Å². The van der Waals surface area contributed by atoms with E-state index in [1.54, 1.807) is 30.3 Å². The summed E-state index contributed by atoms with van der Waals surface area (Å²) in [5.41, 5.74) is 4.65. The fraction of sp³-hybridized carbons (Fsp3) is 0.429. The van der Waals surface area contributed by atoms with Crippen molar-refractivity contribution in [2.24, 2.45) is 5.92 Å². The molecule has 0 radical (unpaired) electrons. The molecule has 0 bridgehead atoms. The van der Waals surface area contributed by atoms with Gasteiger partial charge >= 0.3 is 24.0 Å². The molecule has 0 aliphatic carbocycles. The van der Waals surface area contributed by atoms with Crippen molar-refractivity contribution in [2.75, 3.05) is 18.8 Å². The average molecular weight is 529 g/mol. The molecule has 0 spiro atoms. The van der Waals surface area contributed by atoms with Gasteiger partial charge in [0, 0.05) is 18.8 Å². The first kappa shape index (κ1) is 30.1. The van der Waals surface area contributed by atoms with Crippen molar-refractivity contribution >= 4 is 29.7 Å². The lowest BCUT2D eigenvalue weighted by Crippen LogP contribution is -2.41. The van der Waals surface area contributed by atoms with Crippen molar-refractivity contribution in [3.63, 3.8) is 0 Å². The second-order valence-electron chi connectivity index (χ2n) is 10.2. The largest absolute Gasteiger partial charge is 0.478 e. The number of amides is 1. The maximum absolute atomic E-state index is 12.3. The molecule has 0 saturated carbocycles. The molecule has 10 nitrogen and oxygen atoms in total. The number of carbonyl (C=O) groups is 4. The van der Waals surface area contributed by atoms with Crippen molar-refractivity contribution in [3.8, 4) is 0 Å². The minimum atomic E-state index is -1.45. The summed E-state index contributed by atoms with van der Waals surface area (Å²) in [6.45, 7) is 10.9. The second-order valence-corrected chi connectivity index (χ2v) is 10.2. The summed E-state index contributed by atoms with van der Waals surface area (Å²) in [4.78, 5) is 48.4. The van der Waals surface area contributed by atoms with E-state index in [4.69, 9.17) is 20.3 Å². The van der Waals surface area contributed by atoms with E-state index >= 15 is 0 Å². The molecule has 10 heteroatoms. The number of rotatable bonds is 5. The van der Waals surface area contributed by atoms with E-state index in [9.17, 15) is 24.3 Å². The number of carboxylic acids is 2. The Morgan fingerprint density at radius 2 is 1.58 bits per heavy atom. The van der Waals surface area contributed by atoms with Crippen LogP contribution in [-0.2, 0) is 16.1 Å². The molecule has 4 N–H and O–H groups in total. The Morgan fingerprint density at radius 3 is 2.08 bits per heavy atom. The van der Waals surface area contributed by atoms with Gasteiger partial charge in [0.2, 0.25) is 0 Å². The first-order valence-electron chi connectivity index (χ1n) is 12.3. The number of carbonyl (C=O) groups excluding carboxylic acids is 2. The van der Waals surface area contributed by atoms with Crippen LogP contribution in [0.4, 0.5) is 10.5 Å². The number of carboxylic acid groups (broad SMARTS) is 2. The third kappa shape index (κ3) is 8.50. The number of anilines is 1. The summed E-state index contributed by atoms with van der Waals surface area (Å²) in [5, 5.41) is 18.5. The van der Waals surface area contributed by atoms with Gasteiger partial charge in [0.1, 0.15) is 12.2 Å². The van der Waals surface area contributed by atoms with Crippen LogP contribution in [0.25, 0.3) is 0 Å². The molecule has 1 saturated heterocycles. The fourth-order valence-corrected chi connectivity index (χ4v) is 3.82. The lowest BCUT2D eigenvalue weighted by atomic mass is 9.95. The van der Waals surface area contributed by atoms with Crippen LogP contribution in [0.2, 0.25) is 0 Å².